The summed E-state index contributed by atoms with van der Waals surface area (Å²) in [6.45, 7) is 7.10. The molecule has 13 heavy (non-hydrogen) atoms. The summed E-state index contributed by atoms with van der Waals surface area (Å²) in [7, 11) is 3.56. The molecule has 0 saturated heterocycles. The van der Waals surface area contributed by atoms with Crippen molar-refractivity contribution in [3.63, 3.8) is 0 Å². The van der Waals surface area contributed by atoms with E-state index in [0.717, 1.165) is 0 Å². The third-order valence-corrected chi connectivity index (χ3v) is 2.08. The lowest BCUT2D eigenvalue weighted by Crippen LogP contribution is -2.49. The second-order valence-corrected chi connectivity index (χ2v) is 4.22. The summed E-state index contributed by atoms with van der Waals surface area (Å²) in [5.41, 5.74) is 5.23. The quantitative estimate of drug-likeness (QED) is 0.692. The molecule has 2 N–H and O–H groups in total. The van der Waals surface area contributed by atoms with Gasteiger partial charge in [-0.1, -0.05) is 0 Å². The maximum Gasteiger partial charge on any atom is 0.319 e. The van der Waals surface area contributed by atoms with Crippen molar-refractivity contribution in [3.05, 3.63) is 0 Å². The van der Waals surface area contributed by atoms with Gasteiger partial charge in [0.2, 0.25) is 0 Å². The number of carbonyl (C=O) groups excluding carboxylic acids is 1. The van der Waals surface area contributed by atoms with Crippen molar-refractivity contribution in [1.29, 1.82) is 0 Å². The van der Waals surface area contributed by atoms with Crippen molar-refractivity contribution in [2.24, 2.45) is 5.73 Å². The van der Waals surface area contributed by atoms with Crippen LogP contribution in [0.2, 0.25) is 0 Å². The Morgan fingerprint density at radius 1 is 1.31 bits per heavy atom. The van der Waals surface area contributed by atoms with E-state index in [9.17, 15) is 4.79 Å². The molecule has 0 fully saturated rings. The number of nitrogens with zero attached hydrogens (tertiary/aromatic N) is 2. The van der Waals surface area contributed by atoms with Crippen LogP contribution in [0.5, 0.6) is 0 Å². The minimum atomic E-state index is -0.139. The summed E-state index contributed by atoms with van der Waals surface area (Å²) in [6.07, 6.45) is 0. The molecule has 0 aliphatic carbocycles. The van der Waals surface area contributed by atoms with Crippen LogP contribution in [0.3, 0.4) is 0 Å². The Morgan fingerprint density at radius 2 is 1.77 bits per heavy atom. The molecule has 0 unspecified atom stereocenters. The molecule has 2 amide bonds. The topological polar surface area (TPSA) is 49.6 Å². The molecule has 0 rings (SSSR count). The lowest BCUT2D eigenvalue weighted by atomic mass is 10.1. The number of rotatable bonds is 2. The Bertz CT molecular complexity index is 174. The predicted octanol–water partition coefficient (Wildman–Crippen LogP) is 0.727. The first kappa shape index (κ1) is 12.2. The SMILES string of the molecule is CN(CCN)C(=O)N(C)C(C)(C)C. The second-order valence-electron chi connectivity index (χ2n) is 4.22. The molecule has 0 aliphatic rings. The highest BCUT2D eigenvalue weighted by molar-refractivity contribution is 5.74. The van der Waals surface area contributed by atoms with E-state index in [0.29, 0.717) is 13.1 Å². The van der Waals surface area contributed by atoms with Crippen molar-refractivity contribution in [2.45, 2.75) is 26.3 Å². The normalized spacial score (nSPS) is 11.2. The summed E-state index contributed by atoms with van der Waals surface area (Å²) in [5, 5.41) is 0. The highest BCUT2D eigenvalue weighted by Gasteiger charge is 2.24. The average molecular weight is 187 g/mol. The van der Waals surface area contributed by atoms with Crippen LogP contribution >= 0.6 is 0 Å². The Labute approximate surface area is 80.7 Å². The minimum absolute atomic E-state index is 0.0120. The van der Waals surface area contributed by atoms with Crippen LogP contribution < -0.4 is 5.73 Å². The van der Waals surface area contributed by atoms with Gasteiger partial charge in [0.25, 0.3) is 0 Å². The van der Waals surface area contributed by atoms with Crippen LogP contribution in [-0.2, 0) is 0 Å². The molecule has 4 nitrogen and oxygen atoms in total. The first-order chi connectivity index (χ1) is 5.80. The molecule has 0 spiro atoms. The molecule has 4 heteroatoms. The largest absolute Gasteiger partial charge is 0.329 e. The van der Waals surface area contributed by atoms with Gasteiger partial charge < -0.3 is 15.5 Å². The molecule has 0 radical (unpaired) electrons. The van der Waals surface area contributed by atoms with E-state index in [1.165, 1.54) is 0 Å². The fourth-order valence-electron chi connectivity index (χ4n) is 0.832. The molecular formula is C9H21N3O. The Kier molecular flexibility index (Phi) is 4.20. The fraction of sp³-hybridized carbons (Fsp3) is 0.889. The van der Waals surface area contributed by atoms with Crippen LogP contribution in [0, 0.1) is 0 Å². The van der Waals surface area contributed by atoms with Gasteiger partial charge >= 0.3 is 6.03 Å². The molecule has 0 saturated carbocycles. The van der Waals surface area contributed by atoms with Crippen molar-refractivity contribution in [1.82, 2.24) is 9.80 Å². The first-order valence-electron chi connectivity index (χ1n) is 4.49. The van der Waals surface area contributed by atoms with E-state index in [1.807, 2.05) is 20.8 Å². The fourth-order valence-corrected chi connectivity index (χ4v) is 0.832. The molecule has 0 atom stereocenters. The van der Waals surface area contributed by atoms with Gasteiger partial charge in [0.05, 0.1) is 0 Å². The third-order valence-electron chi connectivity index (χ3n) is 2.08. The zero-order valence-electron chi connectivity index (χ0n) is 9.29. The number of carbonyl (C=O) groups is 1. The van der Waals surface area contributed by atoms with Crippen molar-refractivity contribution >= 4 is 6.03 Å². The van der Waals surface area contributed by atoms with Gasteiger partial charge in [0, 0.05) is 32.7 Å². The molecule has 0 heterocycles. The van der Waals surface area contributed by atoms with Gasteiger partial charge in [-0.2, -0.15) is 0 Å². The molecule has 0 aromatic carbocycles. The van der Waals surface area contributed by atoms with Crippen LogP contribution in [-0.4, -0.2) is 48.6 Å². The highest BCUT2D eigenvalue weighted by atomic mass is 16.2. The summed E-state index contributed by atoms with van der Waals surface area (Å²) >= 11 is 0. The Hall–Kier alpha value is -0.770. The van der Waals surface area contributed by atoms with E-state index in [1.54, 1.807) is 23.9 Å². The van der Waals surface area contributed by atoms with E-state index in [-0.39, 0.29) is 11.6 Å². The molecule has 78 valence electrons. The van der Waals surface area contributed by atoms with Crippen molar-refractivity contribution in [3.8, 4) is 0 Å². The van der Waals surface area contributed by atoms with Crippen LogP contribution in [0.1, 0.15) is 20.8 Å². The van der Waals surface area contributed by atoms with Crippen LogP contribution in [0.25, 0.3) is 0 Å². The zero-order chi connectivity index (χ0) is 10.6. The summed E-state index contributed by atoms with van der Waals surface area (Å²) < 4.78 is 0. The van der Waals surface area contributed by atoms with Crippen LogP contribution in [0.15, 0.2) is 0 Å². The smallest absolute Gasteiger partial charge is 0.319 e. The number of urea groups is 1. The molecule has 0 aromatic rings. The highest BCUT2D eigenvalue weighted by Crippen LogP contribution is 2.11. The average Bonchev–Trinajstić information content (AvgIpc) is 2.00. The second kappa shape index (κ2) is 4.46. The zero-order valence-corrected chi connectivity index (χ0v) is 9.29. The number of amides is 2. The van der Waals surface area contributed by atoms with E-state index < -0.39 is 0 Å². The van der Waals surface area contributed by atoms with Gasteiger partial charge in [-0.05, 0) is 20.8 Å². The lowest BCUT2D eigenvalue weighted by Gasteiger charge is -2.35. The lowest BCUT2D eigenvalue weighted by molar-refractivity contribution is 0.135. The van der Waals surface area contributed by atoms with Crippen molar-refractivity contribution < 1.29 is 4.79 Å². The predicted molar refractivity (Wildman–Crippen MR) is 54.6 cm³/mol. The van der Waals surface area contributed by atoms with E-state index in [4.69, 9.17) is 5.73 Å². The maximum absolute atomic E-state index is 11.7. The molecule has 0 bridgehead atoms. The maximum atomic E-state index is 11.7. The summed E-state index contributed by atoms with van der Waals surface area (Å²) in [4.78, 5) is 15.0. The number of likely N-dealkylation sites (N-methyl/N-ethyl adjacent to an activating group) is 1. The minimum Gasteiger partial charge on any atom is -0.329 e. The van der Waals surface area contributed by atoms with Gasteiger partial charge in [-0.15, -0.1) is 0 Å². The van der Waals surface area contributed by atoms with E-state index >= 15 is 0 Å². The standard InChI is InChI=1S/C9H21N3O/c1-9(2,3)12(5)8(13)11(4)7-6-10/h6-7,10H2,1-5H3. The number of hydrogen-bond donors (Lipinski definition) is 1. The van der Waals surface area contributed by atoms with Gasteiger partial charge in [-0.25, -0.2) is 4.79 Å². The Balaban J connectivity index is 4.26. The van der Waals surface area contributed by atoms with E-state index in [2.05, 4.69) is 0 Å². The summed E-state index contributed by atoms with van der Waals surface area (Å²) in [5.74, 6) is 0. The number of hydrogen-bond acceptors (Lipinski definition) is 2. The number of nitrogens with two attached hydrogens (primary N) is 1. The third kappa shape index (κ3) is 3.63. The monoisotopic (exact) mass is 187 g/mol. The molecular weight excluding hydrogens is 166 g/mol. The van der Waals surface area contributed by atoms with Gasteiger partial charge in [-0.3, -0.25) is 0 Å². The summed E-state index contributed by atoms with van der Waals surface area (Å²) in [6, 6.07) is 0.0120. The van der Waals surface area contributed by atoms with Gasteiger partial charge in [0.15, 0.2) is 0 Å². The molecule has 0 aliphatic heterocycles. The first-order valence-corrected chi connectivity index (χ1v) is 4.49. The molecule has 0 aromatic heterocycles. The van der Waals surface area contributed by atoms with Gasteiger partial charge in [0.1, 0.15) is 0 Å². The van der Waals surface area contributed by atoms with Crippen molar-refractivity contribution in [2.75, 3.05) is 27.2 Å². The Morgan fingerprint density at radius 3 is 2.08 bits per heavy atom. The van der Waals surface area contributed by atoms with Crippen LogP contribution in [0.4, 0.5) is 4.79 Å².